The van der Waals surface area contributed by atoms with Gasteiger partial charge in [-0.05, 0) is 31.4 Å². The lowest BCUT2D eigenvalue weighted by molar-refractivity contribution is -0.120. The van der Waals surface area contributed by atoms with E-state index in [4.69, 9.17) is 9.47 Å². The highest BCUT2D eigenvalue weighted by Crippen LogP contribution is 2.30. The lowest BCUT2D eigenvalue weighted by atomic mass is 9.93. The molecule has 1 amide bonds. The van der Waals surface area contributed by atoms with E-state index in [0.29, 0.717) is 17.2 Å². The van der Waals surface area contributed by atoms with Gasteiger partial charge < -0.3 is 14.8 Å². The monoisotopic (exact) mass is 261 g/mol. The number of benzene rings is 1. The summed E-state index contributed by atoms with van der Waals surface area (Å²) in [5.41, 5.74) is 0.683. The van der Waals surface area contributed by atoms with Crippen LogP contribution in [0.2, 0.25) is 0 Å². The van der Waals surface area contributed by atoms with E-state index in [1.807, 2.05) is 0 Å². The molecule has 0 aromatic heterocycles. The van der Waals surface area contributed by atoms with Crippen molar-refractivity contribution in [3.8, 4) is 11.5 Å². The fourth-order valence-corrected chi connectivity index (χ4v) is 2.17. The third kappa shape index (κ3) is 3.28. The van der Waals surface area contributed by atoms with E-state index >= 15 is 0 Å². The first-order valence-electron chi connectivity index (χ1n) is 6.42. The van der Waals surface area contributed by atoms with Crippen LogP contribution in [0.15, 0.2) is 30.4 Å². The van der Waals surface area contributed by atoms with E-state index in [-0.39, 0.29) is 11.8 Å². The second kappa shape index (κ2) is 6.27. The summed E-state index contributed by atoms with van der Waals surface area (Å²) in [6.45, 7) is 0. The number of allylic oxidation sites excluding steroid dienone is 2. The van der Waals surface area contributed by atoms with Crippen LogP contribution in [0, 0.1) is 5.92 Å². The van der Waals surface area contributed by atoms with Gasteiger partial charge in [-0.2, -0.15) is 0 Å². The SMILES string of the molecule is COc1ccc(NC(=O)[C@@H]2CC=CCC2)c(OC)c1. The Hall–Kier alpha value is -1.97. The second-order valence-corrected chi connectivity index (χ2v) is 4.54. The molecule has 0 saturated carbocycles. The van der Waals surface area contributed by atoms with Crippen LogP contribution in [0.1, 0.15) is 19.3 Å². The van der Waals surface area contributed by atoms with Gasteiger partial charge >= 0.3 is 0 Å². The maximum atomic E-state index is 12.2. The summed E-state index contributed by atoms with van der Waals surface area (Å²) in [5.74, 6) is 1.42. The molecular weight excluding hydrogens is 242 g/mol. The van der Waals surface area contributed by atoms with Crippen LogP contribution in [0.25, 0.3) is 0 Å². The van der Waals surface area contributed by atoms with Gasteiger partial charge in [0.15, 0.2) is 0 Å². The van der Waals surface area contributed by atoms with Gasteiger partial charge in [-0.15, -0.1) is 0 Å². The van der Waals surface area contributed by atoms with Gasteiger partial charge in [0, 0.05) is 12.0 Å². The molecule has 1 aliphatic rings. The van der Waals surface area contributed by atoms with Crippen LogP contribution in [0.5, 0.6) is 11.5 Å². The Morgan fingerprint density at radius 3 is 2.74 bits per heavy atom. The van der Waals surface area contributed by atoms with Crippen molar-refractivity contribution in [2.24, 2.45) is 5.92 Å². The van der Waals surface area contributed by atoms with Crippen molar-refractivity contribution in [3.63, 3.8) is 0 Å². The van der Waals surface area contributed by atoms with E-state index in [1.54, 1.807) is 32.4 Å². The molecule has 1 aromatic carbocycles. The molecule has 19 heavy (non-hydrogen) atoms. The first kappa shape index (κ1) is 13.5. The number of rotatable bonds is 4. The van der Waals surface area contributed by atoms with E-state index in [0.717, 1.165) is 19.3 Å². The Labute approximate surface area is 113 Å². The Kier molecular flexibility index (Phi) is 4.44. The number of methoxy groups -OCH3 is 2. The Morgan fingerprint density at radius 1 is 1.26 bits per heavy atom. The highest BCUT2D eigenvalue weighted by atomic mass is 16.5. The van der Waals surface area contributed by atoms with Gasteiger partial charge in [-0.1, -0.05) is 12.2 Å². The number of ether oxygens (including phenoxy) is 2. The minimum Gasteiger partial charge on any atom is -0.497 e. The zero-order valence-electron chi connectivity index (χ0n) is 11.3. The number of carbonyl (C=O) groups is 1. The molecule has 0 saturated heterocycles. The summed E-state index contributed by atoms with van der Waals surface area (Å²) < 4.78 is 10.4. The van der Waals surface area contributed by atoms with Gasteiger partial charge in [0.05, 0.1) is 19.9 Å². The van der Waals surface area contributed by atoms with Crippen molar-refractivity contribution in [1.82, 2.24) is 0 Å². The van der Waals surface area contributed by atoms with Crippen LogP contribution < -0.4 is 14.8 Å². The molecular formula is C15H19NO3. The predicted octanol–water partition coefficient (Wildman–Crippen LogP) is 3.00. The summed E-state index contributed by atoms with van der Waals surface area (Å²) in [7, 11) is 3.18. The van der Waals surface area contributed by atoms with Gasteiger partial charge in [0.1, 0.15) is 11.5 Å². The van der Waals surface area contributed by atoms with Crippen molar-refractivity contribution in [2.45, 2.75) is 19.3 Å². The van der Waals surface area contributed by atoms with Crippen molar-refractivity contribution < 1.29 is 14.3 Å². The fourth-order valence-electron chi connectivity index (χ4n) is 2.17. The number of carbonyl (C=O) groups excluding carboxylic acids is 1. The van der Waals surface area contributed by atoms with Gasteiger partial charge in [0.2, 0.25) is 5.91 Å². The second-order valence-electron chi connectivity index (χ2n) is 4.54. The molecule has 1 N–H and O–H groups in total. The molecule has 2 rings (SSSR count). The molecule has 102 valence electrons. The Morgan fingerprint density at radius 2 is 2.11 bits per heavy atom. The van der Waals surface area contributed by atoms with Crippen LogP contribution in [-0.2, 0) is 4.79 Å². The quantitative estimate of drug-likeness (QED) is 0.847. The zero-order chi connectivity index (χ0) is 13.7. The summed E-state index contributed by atoms with van der Waals surface area (Å²) in [4.78, 5) is 12.2. The molecule has 0 unspecified atom stereocenters. The van der Waals surface area contributed by atoms with Gasteiger partial charge in [-0.25, -0.2) is 0 Å². The van der Waals surface area contributed by atoms with Crippen molar-refractivity contribution >= 4 is 11.6 Å². The molecule has 0 radical (unpaired) electrons. The molecule has 0 bridgehead atoms. The van der Waals surface area contributed by atoms with Gasteiger partial charge in [0.25, 0.3) is 0 Å². The van der Waals surface area contributed by atoms with E-state index in [1.165, 1.54) is 0 Å². The van der Waals surface area contributed by atoms with Crippen molar-refractivity contribution in [1.29, 1.82) is 0 Å². The van der Waals surface area contributed by atoms with E-state index in [9.17, 15) is 4.79 Å². The number of nitrogens with one attached hydrogen (secondary N) is 1. The molecule has 1 atom stereocenters. The first-order valence-corrected chi connectivity index (χ1v) is 6.42. The minimum atomic E-state index is 0.0489. The van der Waals surface area contributed by atoms with E-state index < -0.39 is 0 Å². The smallest absolute Gasteiger partial charge is 0.227 e. The molecule has 1 aromatic rings. The van der Waals surface area contributed by atoms with Crippen LogP contribution in [-0.4, -0.2) is 20.1 Å². The fraction of sp³-hybridized carbons (Fsp3) is 0.400. The van der Waals surface area contributed by atoms with Crippen molar-refractivity contribution in [2.75, 3.05) is 19.5 Å². The highest BCUT2D eigenvalue weighted by molar-refractivity contribution is 5.94. The topological polar surface area (TPSA) is 47.6 Å². The molecule has 4 heteroatoms. The molecule has 0 spiro atoms. The number of hydrogen-bond donors (Lipinski definition) is 1. The molecule has 1 aliphatic carbocycles. The van der Waals surface area contributed by atoms with Crippen LogP contribution in [0.3, 0.4) is 0 Å². The summed E-state index contributed by atoms with van der Waals surface area (Å²) in [5, 5.41) is 2.93. The third-order valence-electron chi connectivity index (χ3n) is 3.31. The first-order chi connectivity index (χ1) is 9.24. The average molecular weight is 261 g/mol. The Bertz CT molecular complexity index is 482. The molecule has 0 fully saturated rings. The largest absolute Gasteiger partial charge is 0.497 e. The number of amides is 1. The van der Waals surface area contributed by atoms with Crippen LogP contribution in [0.4, 0.5) is 5.69 Å². The lowest BCUT2D eigenvalue weighted by Gasteiger charge is -2.18. The molecule has 4 nitrogen and oxygen atoms in total. The maximum absolute atomic E-state index is 12.2. The highest BCUT2D eigenvalue weighted by Gasteiger charge is 2.19. The summed E-state index contributed by atoms with van der Waals surface area (Å²) in [6.07, 6.45) is 6.87. The number of anilines is 1. The Balaban J connectivity index is 2.09. The predicted molar refractivity (Wildman–Crippen MR) is 74.7 cm³/mol. The molecule has 0 heterocycles. The summed E-state index contributed by atoms with van der Waals surface area (Å²) in [6, 6.07) is 5.36. The molecule has 0 aliphatic heterocycles. The van der Waals surface area contributed by atoms with Crippen LogP contribution >= 0.6 is 0 Å². The normalized spacial score (nSPS) is 17.9. The average Bonchev–Trinajstić information content (AvgIpc) is 2.48. The zero-order valence-corrected chi connectivity index (χ0v) is 11.3. The van der Waals surface area contributed by atoms with E-state index in [2.05, 4.69) is 17.5 Å². The maximum Gasteiger partial charge on any atom is 0.227 e. The summed E-state index contributed by atoms with van der Waals surface area (Å²) >= 11 is 0. The number of hydrogen-bond acceptors (Lipinski definition) is 3. The van der Waals surface area contributed by atoms with Crippen molar-refractivity contribution in [3.05, 3.63) is 30.4 Å². The standard InChI is InChI=1S/C15H19NO3/c1-18-12-8-9-13(14(10-12)19-2)16-15(17)11-6-4-3-5-7-11/h3-4,8-11H,5-7H2,1-2H3,(H,16,17)/t11-/m1/s1. The third-order valence-corrected chi connectivity index (χ3v) is 3.31. The van der Waals surface area contributed by atoms with Gasteiger partial charge in [-0.3, -0.25) is 4.79 Å². The minimum absolute atomic E-state index is 0.0489. The lowest BCUT2D eigenvalue weighted by Crippen LogP contribution is -2.23.